The van der Waals surface area contributed by atoms with Gasteiger partial charge < -0.3 is 5.73 Å². The van der Waals surface area contributed by atoms with Gasteiger partial charge in [0.15, 0.2) is 0 Å². The Bertz CT molecular complexity index is 425. The number of rotatable bonds is 1. The standard InChI is InChI=1S/C10H14N2O2S/c11-10-2-1-9(7-12-10)8-3-5-15(13,14)6-4-8/h1-2,7-8H,3-6H2,(H2,11,12). The van der Waals surface area contributed by atoms with Crippen molar-refractivity contribution in [1.82, 2.24) is 4.98 Å². The van der Waals surface area contributed by atoms with Gasteiger partial charge in [0.2, 0.25) is 0 Å². The van der Waals surface area contributed by atoms with Crippen LogP contribution in [0.25, 0.3) is 0 Å². The van der Waals surface area contributed by atoms with Gasteiger partial charge in [-0.1, -0.05) is 6.07 Å². The Balaban J connectivity index is 2.11. The van der Waals surface area contributed by atoms with Gasteiger partial charge in [0.1, 0.15) is 15.7 Å². The monoisotopic (exact) mass is 226 g/mol. The molecule has 1 aromatic heterocycles. The zero-order valence-corrected chi connectivity index (χ0v) is 9.20. The number of pyridine rings is 1. The van der Waals surface area contributed by atoms with Crippen LogP contribution < -0.4 is 5.73 Å². The van der Waals surface area contributed by atoms with E-state index in [0.29, 0.717) is 36.1 Å². The molecule has 5 heteroatoms. The third-order valence-electron chi connectivity index (χ3n) is 2.84. The fourth-order valence-electron chi connectivity index (χ4n) is 1.88. The second-order valence-corrected chi connectivity index (χ2v) is 6.25. The number of aromatic nitrogens is 1. The van der Waals surface area contributed by atoms with Crippen LogP contribution in [0.4, 0.5) is 5.82 Å². The summed E-state index contributed by atoms with van der Waals surface area (Å²) >= 11 is 0. The van der Waals surface area contributed by atoms with Crippen molar-refractivity contribution in [2.45, 2.75) is 18.8 Å². The molecule has 0 aromatic carbocycles. The highest BCUT2D eigenvalue weighted by Crippen LogP contribution is 2.28. The van der Waals surface area contributed by atoms with Crippen LogP contribution in [0.2, 0.25) is 0 Å². The molecule has 82 valence electrons. The van der Waals surface area contributed by atoms with Crippen molar-refractivity contribution in [3.8, 4) is 0 Å². The van der Waals surface area contributed by atoms with Crippen molar-refractivity contribution in [3.05, 3.63) is 23.9 Å². The Hall–Kier alpha value is -1.10. The van der Waals surface area contributed by atoms with Gasteiger partial charge in [0.25, 0.3) is 0 Å². The Morgan fingerprint density at radius 3 is 2.47 bits per heavy atom. The van der Waals surface area contributed by atoms with Gasteiger partial charge in [-0.3, -0.25) is 0 Å². The molecule has 4 nitrogen and oxygen atoms in total. The summed E-state index contributed by atoms with van der Waals surface area (Å²) < 4.78 is 22.5. The van der Waals surface area contributed by atoms with Gasteiger partial charge in [-0.25, -0.2) is 13.4 Å². The summed E-state index contributed by atoms with van der Waals surface area (Å²) in [4.78, 5) is 4.02. The first-order valence-corrected chi connectivity index (χ1v) is 6.81. The van der Waals surface area contributed by atoms with E-state index in [0.717, 1.165) is 5.56 Å². The minimum Gasteiger partial charge on any atom is -0.384 e. The minimum atomic E-state index is -2.78. The van der Waals surface area contributed by atoms with E-state index in [-0.39, 0.29) is 0 Å². The van der Waals surface area contributed by atoms with E-state index in [2.05, 4.69) is 4.98 Å². The van der Waals surface area contributed by atoms with Gasteiger partial charge in [-0.05, 0) is 30.4 Å². The van der Waals surface area contributed by atoms with E-state index in [4.69, 9.17) is 5.73 Å². The number of hydrogen-bond acceptors (Lipinski definition) is 4. The lowest BCUT2D eigenvalue weighted by Gasteiger charge is -2.21. The second kappa shape index (κ2) is 3.81. The SMILES string of the molecule is Nc1ccc(C2CCS(=O)(=O)CC2)cn1. The summed E-state index contributed by atoms with van der Waals surface area (Å²) in [6.45, 7) is 0. The minimum absolute atomic E-state index is 0.294. The number of nitrogens with zero attached hydrogens (tertiary/aromatic N) is 1. The first-order chi connectivity index (χ1) is 7.07. The maximum atomic E-state index is 11.2. The van der Waals surface area contributed by atoms with E-state index in [1.807, 2.05) is 6.07 Å². The highest BCUT2D eigenvalue weighted by atomic mass is 32.2. The van der Waals surface area contributed by atoms with Gasteiger partial charge in [0, 0.05) is 6.20 Å². The number of sulfone groups is 1. The lowest BCUT2D eigenvalue weighted by Crippen LogP contribution is -2.22. The summed E-state index contributed by atoms with van der Waals surface area (Å²) in [6, 6.07) is 3.70. The normalized spacial score (nSPS) is 21.3. The van der Waals surface area contributed by atoms with Crippen LogP contribution in [0.15, 0.2) is 18.3 Å². The Morgan fingerprint density at radius 1 is 1.27 bits per heavy atom. The molecule has 1 fully saturated rings. The zero-order chi connectivity index (χ0) is 10.9. The maximum Gasteiger partial charge on any atom is 0.150 e. The lowest BCUT2D eigenvalue weighted by molar-refractivity contribution is 0.549. The lowest BCUT2D eigenvalue weighted by atomic mass is 9.95. The number of nitrogens with two attached hydrogens (primary N) is 1. The maximum absolute atomic E-state index is 11.2. The van der Waals surface area contributed by atoms with Gasteiger partial charge in [0.05, 0.1) is 11.5 Å². The van der Waals surface area contributed by atoms with Crippen molar-refractivity contribution >= 4 is 15.7 Å². The molecule has 0 spiro atoms. The van der Waals surface area contributed by atoms with Crippen molar-refractivity contribution in [2.75, 3.05) is 17.2 Å². The largest absolute Gasteiger partial charge is 0.384 e. The Kier molecular flexibility index (Phi) is 2.65. The first-order valence-electron chi connectivity index (χ1n) is 4.99. The molecule has 0 bridgehead atoms. The van der Waals surface area contributed by atoms with Crippen molar-refractivity contribution in [1.29, 1.82) is 0 Å². The van der Waals surface area contributed by atoms with Gasteiger partial charge in [-0.15, -0.1) is 0 Å². The molecular weight excluding hydrogens is 212 g/mol. The molecule has 0 unspecified atom stereocenters. The van der Waals surface area contributed by atoms with Crippen LogP contribution in [0.5, 0.6) is 0 Å². The highest BCUT2D eigenvalue weighted by molar-refractivity contribution is 7.91. The molecular formula is C10H14N2O2S. The fraction of sp³-hybridized carbons (Fsp3) is 0.500. The molecule has 1 saturated heterocycles. The third-order valence-corrected chi connectivity index (χ3v) is 4.55. The summed E-state index contributed by atoms with van der Waals surface area (Å²) in [5.74, 6) is 1.41. The molecule has 0 aliphatic carbocycles. The summed E-state index contributed by atoms with van der Waals surface area (Å²) in [5.41, 5.74) is 6.59. The quantitative estimate of drug-likeness (QED) is 0.774. The Morgan fingerprint density at radius 2 is 1.93 bits per heavy atom. The molecule has 0 amide bonds. The van der Waals surface area contributed by atoms with E-state index in [1.165, 1.54) is 0 Å². The summed E-state index contributed by atoms with van der Waals surface area (Å²) in [5, 5.41) is 0. The van der Waals surface area contributed by atoms with E-state index >= 15 is 0 Å². The zero-order valence-electron chi connectivity index (χ0n) is 8.39. The van der Waals surface area contributed by atoms with Crippen molar-refractivity contribution in [3.63, 3.8) is 0 Å². The highest BCUT2D eigenvalue weighted by Gasteiger charge is 2.24. The molecule has 2 heterocycles. The molecule has 1 aliphatic rings. The molecule has 2 rings (SSSR count). The second-order valence-electron chi connectivity index (χ2n) is 3.94. The molecule has 15 heavy (non-hydrogen) atoms. The molecule has 0 radical (unpaired) electrons. The summed E-state index contributed by atoms with van der Waals surface area (Å²) in [6.07, 6.45) is 3.15. The van der Waals surface area contributed by atoms with E-state index < -0.39 is 9.84 Å². The predicted molar refractivity (Wildman–Crippen MR) is 59.3 cm³/mol. The number of anilines is 1. The number of nitrogen functional groups attached to an aromatic ring is 1. The van der Waals surface area contributed by atoms with Crippen LogP contribution in [-0.4, -0.2) is 24.9 Å². The van der Waals surface area contributed by atoms with Crippen LogP contribution in [0, 0.1) is 0 Å². The third kappa shape index (κ3) is 2.47. The smallest absolute Gasteiger partial charge is 0.150 e. The van der Waals surface area contributed by atoms with Crippen molar-refractivity contribution < 1.29 is 8.42 Å². The predicted octanol–water partition coefficient (Wildman–Crippen LogP) is 0.956. The summed E-state index contributed by atoms with van der Waals surface area (Å²) in [7, 11) is -2.78. The van der Waals surface area contributed by atoms with Crippen LogP contribution in [-0.2, 0) is 9.84 Å². The van der Waals surface area contributed by atoms with Crippen LogP contribution in [0.3, 0.4) is 0 Å². The molecule has 0 saturated carbocycles. The van der Waals surface area contributed by atoms with E-state index in [9.17, 15) is 8.42 Å². The average molecular weight is 226 g/mol. The van der Waals surface area contributed by atoms with Crippen molar-refractivity contribution in [2.24, 2.45) is 0 Å². The van der Waals surface area contributed by atoms with Crippen LogP contribution >= 0.6 is 0 Å². The van der Waals surface area contributed by atoms with Gasteiger partial charge in [-0.2, -0.15) is 0 Å². The topological polar surface area (TPSA) is 73.1 Å². The van der Waals surface area contributed by atoms with Gasteiger partial charge >= 0.3 is 0 Å². The molecule has 2 N–H and O–H groups in total. The molecule has 1 aromatic rings. The number of hydrogen-bond donors (Lipinski definition) is 1. The molecule has 1 aliphatic heterocycles. The molecule has 0 atom stereocenters. The average Bonchev–Trinajstić information content (AvgIpc) is 2.20. The van der Waals surface area contributed by atoms with Crippen LogP contribution in [0.1, 0.15) is 24.3 Å². The Labute approximate surface area is 89.4 Å². The van der Waals surface area contributed by atoms with E-state index in [1.54, 1.807) is 12.3 Å². The fourth-order valence-corrected chi connectivity index (χ4v) is 3.37. The first kappa shape index (κ1) is 10.4.